The van der Waals surface area contributed by atoms with Gasteiger partial charge in [-0.05, 0) is 37.1 Å². The Morgan fingerprint density at radius 3 is 2.45 bits per heavy atom. The van der Waals surface area contributed by atoms with Crippen molar-refractivity contribution in [2.45, 2.75) is 33.1 Å². The van der Waals surface area contributed by atoms with Crippen LogP contribution in [0.15, 0.2) is 24.3 Å². The first-order valence-electron chi connectivity index (χ1n) is 6.66. The number of hydrogen-bond acceptors (Lipinski definition) is 3. The summed E-state index contributed by atoms with van der Waals surface area (Å²) in [5.74, 6) is -1.55. The van der Waals surface area contributed by atoms with Crippen LogP contribution in [0.1, 0.15) is 42.0 Å². The minimum absolute atomic E-state index is 0.165. The summed E-state index contributed by atoms with van der Waals surface area (Å²) in [6.07, 6.45) is 1.88. The fourth-order valence-corrected chi connectivity index (χ4v) is 2.27. The molecule has 0 unspecified atom stereocenters. The minimum Gasteiger partial charge on any atom is -0.545 e. The second-order valence-corrected chi connectivity index (χ2v) is 4.55. The molecule has 2 aromatic rings. The molecule has 1 aromatic heterocycles. The van der Waals surface area contributed by atoms with Crippen LogP contribution in [0.5, 0.6) is 0 Å². The third kappa shape index (κ3) is 2.57. The topological polar surface area (TPSA) is 58.0 Å². The maximum Gasteiger partial charge on any atom is 0.123 e. The molecule has 1 heterocycles. The highest BCUT2D eigenvalue weighted by atomic mass is 19.1. The van der Waals surface area contributed by atoms with Crippen molar-refractivity contribution in [3.05, 3.63) is 47.0 Å². The van der Waals surface area contributed by atoms with Crippen molar-refractivity contribution in [1.82, 2.24) is 9.78 Å². The van der Waals surface area contributed by atoms with Crippen molar-refractivity contribution in [3.8, 4) is 5.69 Å². The van der Waals surface area contributed by atoms with E-state index in [4.69, 9.17) is 0 Å². The van der Waals surface area contributed by atoms with E-state index >= 15 is 0 Å². The van der Waals surface area contributed by atoms with Crippen LogP contribution in [0.4, 0.5) is 4.39 Å². The van der Waals surface area contributed by atoms with E-state index in [0.717, 1.165) is 6.42 Å². The highest BCUT2D eigenvalue weighted by Gasteiger charge is 2.17. The summed E-state index contributed by atoms with van der Waals surface area (Å²) in [7, 11) is 0. The second-order valence-electron chi connectivity index (χ2n) is 4.55. The quantitative estimate of drug-likeness (QED) is 0.837. The Morgan fingerprint density at radius 2 is 1.95 bits per heavy atom. The molecule has 5 heteroatoms. The molecule has 0 atom stereocenters. The van der Waals surface area contributed by atoms with Crippen LogP contribution in [0, 0.1) is 5.82 Å². The zero-order chi connectivity index (χ0) is 14.7. The van der Waals surface area contributed by atoms with Gasteiger partial charge < -0.3 is 9.90 Å². The SMILES string of the molecule is CCCc1nn(-c2ccc(F)cc2)c(CC)c1C(=O)[O-]. The molecule has 0 amide bonds. The van der Waals surface area contributed by atoms with E-state index in [2.05, 4.69) is 5.10 Å². The summed E-state index contributed by atoms with van der Waals surface area (Å²) >= 11 is 0. The molecule has 0 aliphatic carbocycles. The Morgan fingerprint density at radius 1 is 1.30 bits per heavy atom. The molecule has 0 radical (unpaired) electrons. The van der Waals surface area contributed by atoms with Crippen LogP contribution < -0.4 is 5.11 Å². The van der Waals surface area contributed by atoms with E-state index in [0.29, 0.717) is 29.9 Å². The van der Waals surface area contributed by atoms with Gasteiger partial charge in [0, 0.05) is 5.56 Å². The monoisotopic (exact) mass is 275 g/mol. The first kappa shape index (κ1) is 14.2. The van der Waals surface area contributed by atoms with Gasteiger partial charge in [0.2, 0.25) is 0 Å². The van der Waals surface area contributed by atoms with Crippen molar-refractivity contribution in [2.24, 2.45) is 0 Å². The number of carbonyl (C=O) groups is 1. The van der Waals surface area contributed by atoms with E-state index < -0.39 is 5.97 Å². The van der Waals surface area contributed by atoms with Gasteiger partial charge in [-0.1, -0.05) is 20.3 Å². The number of aryl methyl sites for hydroxylation is 1. The van der Waals surface area contributed by atoms with Crippen molar-refractivity contribution in [2.75, 3.05) is 0 Å². The zero-order valence-electron chi connectivity index (χ0n) is 11.5. The standard InChI is InChI=1S/C15H17FN2O2/c1-3-5-12-14(15(19)20)13(4-2)18(17-12)11-8-6-10(16)7-9-11/h6-9H,3-5H2,1-2H3,(H,19,20)/p-1. The van der Waals surface area contributed by atoms with Crippen LogP contribution in [0.2, 0.25) is 0 Å². The van der Waals surface area contributed by atoms with Gasteiger partial charge in [0.15, 0.2) is 0 Å². The van der Waals surface area contributed by atoms with Gasteiger partial charge in [-0.2, -0.15) is 5.10 Å². The fraction of sp³-hybridized carbons (Fsp3) is 0.333. The molecule has 0 saturated heterocycles. The van der Waals surface area contributed by atoms with Crippen LogP contribution in [-0.2, 0) is 12.8 Å². The van der Waals surface area contributed by atoms with E-state index in [1.807, 2.05) is 13.8 Å². The van der Waals surface area contributed by atoms with Gasteiger partial charge >= 0.3 is 0 Å². The second kappa shape index (κ2) is 5.86. The molecular weight excluding hydrogens is 259 g/mol. The molecule has 0 spiro atoms. The summed E-state index contributed by atoms with van der Waals surface area (Å²) < 4.78 is 14.5. The highest BCUT2D eigenvalue weighted by Crippen LogP contribution is 2.20. The molecule has 0 saturated carbocycles. The smallest absolute Gasteiger partial charge is 0.123 e. The molecule has 4 nitrogen and oxygen atoms in total. The Bertz CT molecular complexity index is 618. The first-order valence-corrected chi connectivity index (χ1v) is 6.66. The molecule has 0 bridgehead atoms. The number of hydrogen-bond donors (Lipinski definition) is 0. The fourth-order valence-electron chi connectivity index (χ4n) is 2.27. The normalized spacial score (nSPS) is 10.8. The maximum absolute atomic E-state index is 13.0. The van der Waals surface area contributed by atoms with Crippen molar-refractivity contribution >= 4 is 5.97 Å². The maximum atomic E-state index is 13.0. The van der Waals surface area contributed by atoms with Crippen molar-refractivity contribution < 1.29 is 14.3 Å². The number of halogens is 1. The molecular formula is C15H16FN2O2-. The number of nitrogens with zero attached hydrogens (tertiary/aromatic N) is 2. The summed E-state index contributed by atoms with van der Waals surface area (Å²) in [6.45, 7) is 3.82. The Labute approximate surface area is 116 Å². The summed E-state index contributed by atoms with van der Waals surface area (Å²) in [5.41, 5.74) is 1.92. The largest absolute Gasteiger partial charge is 0.545 e. The minimum atomic E-state index is -1.21. The summed E-state index contributed by atoms with van der Waals surface area (Å²) in [4.78, 5) is 11.4. The summed E-state index contributed by atoms with van der Waals surface area (Å²) in [5, 5.41) is 15.7. The van der Waals surface area contributed by atoms with Gasteiger partial charge in [0.1, 0.15) is 5.82 Å². The molecule has 0 N–H and O–H groups in total. The molecule has 20 heavy (non-hydrogen) atoms. The molecule has 0 aliphatic rings. The predicted octanol–water partition coefficient (Wildman–Crippen LogP) is 1.89. The van der Waals surface area contributed by atoms with Crippen LogP contribution >= 0.6 is 0 Å². The molecule has 106 valence electrons. The Balaban J connectivity index is 2.60. The lowest BCUT2D eigenvalue weighted by molar-refractivity contribution is -0.255. The third-order valence-electron chi connectivity index (χ3n) is 3.15. The number of carboxylic acid groups (broad SMARTS) is 1. The van der Waals surface area contributed by atoms with Gasteiger partial charge in [0.05, 0.1) is 23.0 Å². The number of aromatic carboxylic acids is 1. The van der Waals surface area contributed by atoms with Gasteiger partial charge in [-0.3, -0.25) is 0 Å². The number of aromatic nitrogens is 2. The number of rotatable bonds is 5. The third-order valence-corrected chi connectivity index (χ3v) is 3.15. The number of benzene rings is 1. The van der Waals surface area contributed by atoms with Crippen molar-refractivity contribution in [1.29, 1.82) is 0 Å². The number of carbonyl (C=O) groups excluding carboxylic acids is 1. The summed E-state index contributed by atoms with van der Waals surface area (Å²) in [6, 6.07) is 5.82. The zero-order valence-corrected chi connectivity index (χ0v) is 11.5. The van der Waals surface area contributed by atoms with E-state index in [9.17, 15) is 14.3 Å². The molecule has 1 aromatic carbocycles. The molecule has 2 rings (SSSR count). The van der Waals surface area contributed by atoms with Crippen LogP contribution in [0.25, 0.3) is 5.69 Å². The van der Waals surface area contributed by atoms with Gasteiger partial charge in [0.25, 0.3) is 0 Å². The van der Waals surface area contributed by atoms with Gasteiger partial charge in [-0.15, -0.1) is 0 Å². The lowest BCUT2D eigenvalue weighted by atomic mass is 10.1. The lowest BCUT2D eigenvalue weighted by Gasteiger charge is -2.08. The van der Waals surface area contributed by atoms with E-state index in [-0.39, 0.29) is 11.4 Å². The van der Waals surface area contributed by atoms with Crippen molar-refractivity contribution in [3.63, 3.8) is 0 Å². The van der Waals surface area contributed by atoms with Crippen LogP contribution in [0.3, 0.4) is 0 Å². The molecule has 0 fully saturated rings. The van der Waals surface area contributed by atoms with Gasteiger partial charge in [-0.25, -0.2) is 9.07 Å². The average Bonchev–Trinajstić information content (AvgIpc) is 2.78. The Hall–Kier alpha value is -2.17. The molecule has 0 aliphatic heterocycles. The Kier molecular flexibility index (Phi) is 4.17. The average molecular weight is 275 g/mol. The number of carboxylic acids is 1. The highest BCUT2D eigenvalue weighted by molar-refractivity contribution is 5.88. The van der Waals surface area contributed by atoms with E-state index in [1.54, 1.807) is 16.8 Å². The lowest BCUT2D eigenvalue weighted by Crippen LogP contribution is -2.24. The van der Waals surface area contributed by atoms with Crippen LogP contribution in [-0.4, -0.2) is 15.7 Å². The van der Waals surface area contributed by atoms with E-state index in [1.165, 1.54) is 12.1 Å². The predicted molar refractivity (Wildman–Crippen MR) is 71.2 cm³/mol. The first-order chi connectivity index (χ1) is 9.58.